The number of pyridine rings is 2. The van der Waals surface area contributed by atoms with Gasteiger partial charge in [-0.05, 0) is 63.3 Å². The highest BCUT2D eigenvalue weighted by molar-refractivity contribution is 6.09. The van der Waals surface area contributed by atoms with Crippen molar-refractivity contribution in [2.75, 3.05) is 39.2 Å². The fraction of sp³-hybridized carbons (Fsp3) is 0.276. The third-order valence-corrected chi connectivity index (χ3v) is 7.50. The van der Waals surface area contributed by atoms with Crippen molar-refractivity contribution in [1.29, 1.82) is 5.26 Å². The maximum atomic E-state index is 13.6. The first-order valence-electron chi connectivity index (χ1n) is 12.8. The topological polar surface area (TPSA) is 127 Å². The highest BCUT2D eigenvalue weighted by Gasteiger charge is 2.23. The van der Waals surface area contributed by atoms with Crippen LogP contribution in [0, 0.1) is 11.3 Å². The standard InChI is InChI=1S/C29H28N8O2/c1-36(2)19-9-12-37(13-10-19)24-7-6-22-27(34-24)35-28(33-22)26(38)17-4-5-18(15-30)21(14-17)25-20-8-11-31-23(20)16-32-29(25)39-3/h4-8,11,14,16,19,31H,9-10,12-13H2,1-3H3,(H,33,34,35). The summed E-state index contributed by atoms with van der Waals surface area (Å²) in [7, 11) is 5.78. The summed E-state index contributed by atoms with van der Waals surface area (Å²) in [6.45, 7) is 1.86. The second-order valence-corrected chi connectivity index (χ2v) is 9.95. The number of methoxy groups -OCH3 is 1. The summed E-state index contributed by atoms with van der Waals surface area (Å²) in [5, 5.41) is 10.7. The molecule has 10 nitrogen and oxygen atoms in total. The van der Waals surface area contributed by atoms with Gasteiger partial charge in [-0.2, -0.15) is 5.26 Å². The van der Waals surface area contributed by atoms with Gasteiger partial charge in [0.15, 0.2) is 11.5 Å². The largest absolute Gasteiger partial charge is 0.481 e. The van der Waals surface area contributed by atoms with Gasteiger partial charge in [0.1, 0.15) is 11.3 Å². The van der Waals surface area contributed by atoms with Gasteiger partial charge in [-0.3, -0.25) is 4.79 Å². The molecule has 5 heterocycles. The number of aromatic nitrogens is 5. The number of nitriles is 1. The zero-order chi connectivity index (χ0) is 27.1. The Kier molecular flexibility index (Phi) is 6.21. The lowest BCUT2D eigenvalue weighted by molar-refractivity contribution is 0.103. The van der Waals surface area contributed by atoms with E-state index in [4.69, 9.17) is 9.72 Å². The number of anilines is 1. The van der Waals surface area contributed by atoms with Crippen LogP contribution in [0.5, 0.6) is 5.88 Å². The molecule has 39 heavy (non-hydrogen) atoms. The first-order chi connectivity index (χ1) is 19.0. The minimum absolute atomic E-state index is 0.196. The number of imidazole rings is 1. The van der Waals surface area contributed by atoms with Crippen molar-refractivity contribution in [1.82, 2.24) is 29.8 Å². The Labute approximate surface area is 225 Å². The molecule has 0 bridgehead atoms. The van der Waals surface area contributed by atoms with E-state index < -0.39 is 0 Å². The fourth-order valence-corrected chi connectivity index (χ4v) is 5.33. The molecule has 1 saturated heterocycles. The molecule has 2 N–H and O–H groups in total. The Balaban J connectivity index is 1.34. The molecule has 0 saturated carbocycles. The van der Waals surface area contributed by atoms with E-state index in [1.165, 1.54) is 7.11 Å². The summed E-state index contributed by atoms with van der Waals surface area (Å²) in [6.07, 6.45) is 5.64. The maximum absolute atomic E-state index is 13.6. The summed E-state index contributed by atoms with van der Waals surface area (Å²) >= 11 is 0. The van der Waals surface area contributed by atoms with Crippen LogP contribution < -0.4 is 9.64 Å². The van der Waals surface area contributed by atoms with Crippen LogP contribution >= 0.6 is 0 Å². The number of carbonyl (C=O) groups excluding carboxylic acids is 1. The number of ether oxygens (including phenoxy) is 1. The van der Waals surface area contributed by atoms with Crippen LogP contribution in [0.15, 0.2) is 48.8 Å². The van der Waals surface area contributed by atoms with Gasteiger partial charge in [0.25, 0.3) is 0 Å². The number of nitrogens with one attached hydrogen (secondary N) is 2. The molecule has 0 spiro atoms. The summed E-state index contributed by atoms with van der Waals surface area (Å²) in [6, 6.07) is 13.6. The van der Waals surface area contributed by atoms with Crippen molar-refractivity contribution in [2.24, 2.45) is 0 Å². The van der Waals surface area contributed by atoms with Gasteiger partial charge < -0.3 is 24.5 Å². The van der Waals surface area contributed by atoms with Crippen molar-refractivity contribution in [3.8, 4) is 23.1 Å². The number of H-pyrrole nitrogens is 2. The molecule has 0 amide bonds. The average molecular weight is 521 g/mol. The van der Waals surface area contributed by atoms with E-state index in [1.54, 1.807) is 30.6 Å². The third-order valence-electron chi connectivity index (χ3n) is 7.50. The lowest BCUT2D eigenvalue weighted by atomic mass is 9.95. The molecule has 1 aliphatic heterocycles. The molecule has 0 radical (unpaired) electrons. The molecule has 1 fully saturated rings. The Bertz CT molecular complexity index is 1740. The van der Waals surface area contributed by atoms with Crippen LogP contribution in [0.1, 0.15) is 34.6 Å². The Hall–Kier alpha value is -4.75. The van der Waals surface area contributed by atoms with Gasteiger partial charge in [-0.25, -0.2) is 15.0 Å². The monoisotopic (exact) mass is 520 g/mol. The number of benzene rings is 1. The molecule has 5 aromatic rings. The van der Waals surface area contributed by atoms with E-state index in [0.29, 0.717) is 45.3 Å². The normalized spacial score (nSPS) is 14.3. The number of carbonyl (C=O) groups is 1. The molecule has 1 aliphatic rings. The van der Waals surface area contributed by atoms with Gasteiger partial charge in [-0.1, -0.05) is 0 Å². The van der Waals surface area contributed by atoms with E-state index in [2.05, 4.69) is 49.9 Å². The van der Waals surface area contributed by atoms with Gasteiger partial charge in [0, 0.05) is 41.8 Å². The number of ketones is 1. The van der Waals surface area contributed by atoms with Gasteiger partial charge >= 0.3 is 0 Å². The smallest absolute Gasteiger partial charge is 0.228 e. The van der Waals surface area contributed by atoms with E-state index in [-0.39, 0.29) is 11.6 Å². The SMILES string of the molecule is COc1ncc2[nH]ccc2c1-c1cc(C(=O)c2nc3ccc(N4CCC(N(C)C)CC4)nc3[nH]2)ccc1C#N. The van der Waals surface area contributed by atoms with Crippen LogP contribution in [0.4, 0.5) is 5.82 Å². The van der Waals surface area contributed by atoms with Crippen molar-refractivity contribution in [2.45, 2.75) is 18.9 Å². The van der Waals surface area contributed by atoms with Crippen LogP contribution in [0.2, 0.25) is 0 Å². The predicted octanol–water partition coefficient (Wildman–Crippen LogP) is 4.14. The Morgan fingerprint density at radius 2 is 1.97 bits per heavy atom. The van der Waals surface area contributed by atoms with Gasteiger partial charge in [0.2, 0.25) is 11.7 Å². The number of hydrogen-bond acceptors (Lipinski definition) is 8. The lowest BCUT2D eigenvalue weighted by Crippen LogP contribution is -2.42. The minimum atomic E-state index is -0.291. The van der Waals surface area contributed by atoms with Crippen LogP contribution in [0.25, 0.3) is 33.2 Å². The van der Waals surface area contributed by atoms with E-state index in [1.807, 2.05) is 18.2 Å². The van der Waals surface area contributed by atoms with Crippen molar-refractivity contribution in [3.63, 3.8) is 0 Å². The summed E-state index contributed by atoms with van der Waals surface area (Å²) < 4.78 is 5.53. The molecule has 10 heteroatoms. The van der Waals surface area contributed by atoms with Gasteiger partial charge in [0.05, 0.1) is 36.0 Å². The molecule has 0 atom stereocenters. The summed E-state index contributed by atoms with van der Waals surface area (Å²) in [5.74, 6) is 1.15. The highest BCUT2D eigenvalue weighted by Crippen LogP contribution is 2.37. The number of aromatic amines is 2. The molecule has 6 rings (SSSR count). The number of nitrogens with zero attached hydrogens (tertiary/aromatic N) is 6. The number of piperidine rings is 1. The minimum Gasteiger partial charge on any atom is -0.481 e. The second-order valence-electron chi connectivity index (χ2n) is 9.95. The average Bonchev–Trinajstić information content (AvgIpc) is 3.62. The van der Waals surface area contributed by atoms with Crippen molar-refractivity contribution >= 4 is 33.7 Å². The Morgan fingerprint density at radius 1 is 1.15 bits per heavy atom. The van der Waals surface area contributed by atoms with Crippen molar-refractivity contribution < 1.29 is 9.53 Å². The van der Waals surface area contributed by atoms with Crippen LogP contribution in [-0.2, 0) is 0 Å². The highest BCUT2D eigenvalue weighted by atomic mass is 16.5. The lowest BCUT2D eigenvalue weighted by Gasteiger charge is -2.35. The number of fused-ring (bicyclic) bond motifs is 2. The quantitative estimate of drug-likeness (QED) is 0.320. The molecule has 0 unspecified atom stereocenters. The summed E-state index contributed by atoms with van der Waals surface area (Å²) in [4.78, 5) is 38.1. The number of hydrogen-bond donors (Lipinski definition) is 2. The molecule has 1 aromatic carbocycles. The van der Waals surface area contributed by atoms with Crippen LogP contribution in [0.3, 0.4) is 0 Å². The number of rotatable bonds is 6. The predicted molar refractivity (Wildman–Crippen MR) is 149 cm³/mol. The molecular weight excluding hydrogens is 492 g/mol. The molecule has 4 aromatic heterocycles. The summed E-state index contributed by atoms with van der Waals surface area (Å²) in [5.41, 5.74) is 4.02. The third kappa shape index (κ3) is 4.36. The first kappa shape index (κ1) is 24.6. The maximum Gasteiger partial charge on any atom is 0.228 e. The Morgan fingerprint density at radius 3 is 2.72 bits per heavy atom. The molecule has 0 aliphatic carbocycles. The van der Waals surface area contributed by atoms with Crippen molar-refractivity contribution in [3.05, 3.63) is 65.7 Å². The van der Waals surface area contributed by atoms with E-state index >= 15 is 0 Å². The van der Waals surface area contributed by atoms with E-state index in [9.17, 15) is 10.1 Å². The van der Waals surface area contributed by atoms with Crippen LogP contribution in [-0.4, -0.2) is 75.9 Å². The first-order valence-corrected chi connectivity index (χ1v) is 12.8. The molecular formula is C29H28N8O2. The van der Waals surface area contributed by atoms with E-state index in [0.717, 1.165) is 42.7 Å². The second kappa shape index (κ2) is 9.85. The fourth-order valence-electron chi connectivity index (χ4n) is 5.33. The zero-order valence-electron chi connectivity index (χ0n) is 22.0. The molecule has 196 valence electrons. The zero-order valence-corrected chi connectivity index (χ0v) is 22.0. The van der Waals surface area contributed by atoms with Gasteiger partial charge in [-0.15, -0.1) is 0 Å².